The third-order valence-electron chi connectivity index (χ3n) is 2.17. The van der Waals surface area contributed by atoms with E-state index in [-0.39, 0.29) is 6.10 Å². The van der Waals surface area contributed by atoms with Gasteiger partial charge in [-0.25, -0.2) is 4.79 Å². The quantitative estimate of drug-likeness (QED) is 0.535. The van der Waals surface area contributed by atoms with Crippen LogP contribution in [0.3, 0.4) is 0 Å². The van der Waals surface area contributed by atoms with Crippen LogP contribution >= 0.6 is 0 Å². The third kappa shape index (κ3) is 3.89. The van der Waals surface area contributed by atoms with Gasteiger partial charge in [0.05, 0.1) is 19.3 Å². The Labute approximate surface area is 83.5 Å². The first-order valence-electron chi connectivity index (χ1n) is 4.79. The summed E-state index contributed by atoms with van der Waals surface area (Å²) in [6, 6.07) is 0. The minimum atomic E-state index is -0.897. The van der Waals surface area contributed by atoms with Crippen molar-refractivity contribution in [2.24, 2.45) is 0 Å². The molecule has 0 aliphatic carbocycles. The molecule has 4 nitrogen and oxygen atoms in total. The highest BCUT2D eigenvalue weighted by molar-refractivity contribution is 5.85. The first kappa shape index (κ1) is 11.2. The van der Waals surface area contributed by atoms with E-state index in [9.17, 15) is 4.79 Å². The molecule has 1 aliphatic heterocycles. The lowest BCUT2D eigenvalue weighted by atomic mass is 10.2. The van der Waals surface area contributed by atoms with Crippen molar-refractivity contribution in [2.45, 2.75) is 25.9 Å². The van der Waals surface area contributed by atoms with Gasteiger partial charge in [-0.2, -0.15) is 0 Å². The summed E-state index contributed by atoms with van der Waals surface area (Å²) < 4.78 is 10.6. The first-order valence-corrected chi connectivity index (χ1v) is 4.79. The van der Waals surface area contributed by atoms with Crippen LogP contribution in [-0.4, -0.2) is 37.0 Å². The van der Waals surface area contributed by atoms with E-state index in [1.807, 2.05) is 0 Å². The van der Waals surface area contributed by atoms with Crippen molar-refractivity contribution in [2.75, 3.05) is 19.8 Å². The van der Waals surface area contributed by atoms with Crippen LogP contribution in [0.2, 0.25) is 0 Å². The monoisotopic (exact) mass is 200 g/mol. The van der Waals surface area contributed by atoms with Crippen molar-refractivity contribution < 1.29 is 19.4 Å². The number of hydrogen-bond donors (Lipinski definition) is 1. The molecule has 0 saturated carbocycles. The number of carboxylic acids is 1. The van der Waals surface area contributed by atoms with E-state index in [0.29, 0.717) is 18.8 Å². The van der Waals surface area contributed by atoms with Gasteiger partial charge in [0.2, 0.25) is 0 Å². The van der Waals surface area contributed by atoms with Crippen LogP contribution in [0, 0.1) is 0 Å². The summed E-state index contributed by atoms with van der Waals surface area (Å²) in [5, 5.41) is 8.54. The minimum Gasteiger partial charge on any atom is -0.478 e. The zero-order valence-electron chi connectivity index (χ0n) is 8.36. The average Bonchev–Trinajstić information content (AvgIpc) is 2.64. The summed E-state index contributed by atoms with van der Waals surface area (Å²) in [5.74, 6) is -0.897. The molecule has 4 heteroatoms. The molecule has 1 saturated heterocycles. The maximum atomic E-state index is 10.4. The van der Waals surface area contributed by atoms with E-state index in [2.05, 4.69) is 0 Å². The Hall–Kier alpha value is -0.870. The van der Waals surface area contributed by atoms with Crippen molar-refractivity contribution in [1.82, 2.24) is 0 Å². The molecule has 1 aliphatic rings. The third-order valence-corrected chi connectivity index (χ3v) is 2.17. The molecule has 14 heavy (non-hydrogen) atoms. The molecular formula is C10H16O4. The van der Waals surface area contributed by atoms with Crippen molar-refractivity contribution >= 4 is 5.97 Å². The lowest BCUT2D eigenvalue weighted by molar-refractivity contribution is -0.132. The van der Waals surface area contributed by atoms with Gasteiger partial charge in [0.25, 0.3) is 0 Å². The summed E-state index contributed by atoms with van der Waals surface area (Å²) in [5.41, 5.74) is 0.317. The largest absolute Gasteiger partial charge is 0.478 e. The zero-order valence-corrected chi connectivity index (χ0v) is 8.36. The highest BCUT2D eigenvalue weighted by Gasteiger charge is 2.14. The van der Waals surface area contributed by atoms with Gasteiger partial charge < -0.3 is 14.6 Å². The van der Waals surface area contributed by atoms with E-state index >= 15 is 0 Å². The van der Waals surface area contributed by atoms with Crippen LogP contribution < -0.4 is 0 Å². The van der Waals surface area contributed by atoms with Gasteiger partial charge in [0.15, 0.2) is 0 Å². The van der Waals surface area contributed by atoms with E-state index in [0.717, 1.165) is 19.4 Å². The summed E-state index contributed by atoms with van der Waals surface area (Å²) >= 11 is 0. The van der Waals surface area contributed by atoms with Crippen LogP contribution in [-0.2, 0) is 14.3 Å². The molecule has 1 fully saturated rings. The highest BCUT2D eigenvalue weighted by Crippen LogP contribution is 2.11. The van der Waals surface area contributed by atoms with Crippen molar-refractivity contribution in [3.8, 4) is 0 Å². The van der Waals surface area contributed by atoms with Gasteiger partial charge in [0.1, 0.15) is 0 Å². The topological polar surface area (TPSA) is 55.8 Å². The second kappa shape index (κ2) is 5.78. The molecule has 80 valence electrons. The van der Waals surface area contributed by atoms with E-state index < -0.39 is 5.97 Å². The van der Waals surface area contributed by atoms with Crippen LogP contribution in [0.4, 0.5) is 0 Å². The van der Waals surface area contributed by atoms with Gasteiger partial charge >= 0.3 is 5.97 Å². The molecule has 0 bridgehead atoms. The molecular weight excluding hydrogens is 184 g/mol. The van der Waals surface area contributed by atoms with Gasteiger partial charge in [-0.05, 0) is 25.8 Å². The van der Waals surface area contributed by atoms with Gasteiger partial charge in [0, 0.05) is 12.2 Å². The Bertz CT molecular complexity index is 216. The van der Waals surface area contributed by atoms with Crippen LogP contribution in [0.1, 0.15) is 19.8 Å². The van der Waals surface area contributed by atoms with E-state index in [1.165, 1.54) is 0 Å². The molecule has 1 atom stereocenters. The van der Waals surface area contributed by atoms with Crippen LogP contribution in [0.5, 0.6) is 0 Å². The molecule has 0 aromatic carbocycles. The van der Waals surface area contributed by atoms with Crippen molar-refractivity contribution in [3.63, 3.8) is 0 Å². The number of aliphatic carboxylic acids is 1. The molecule has 1 heterocycles. The molecule has 1 N–H and O–H groups in total. The lowest BCUT2D eigenvalue weighted by Gasteiger charge is -2.08. The number of carbonyl (C=O) groups is 1. The lowest BCUT2D eigenvalue weighted by Crippen LogP contribution is -2.14. The first-order chi connectivity index (χ1) is 6.70. The van der Waals surface area contributed by atoms with Gasteiger partial charge in [-0.3, -0.25) is 0 Å². The highest BCUT2D eigenvalue weighted by atomic mass is 16.5. The Morgan fingerprint density at radius 2 is 2.50 bits per heavy atom. The fourth-order valence-corrected chi connectivity index (χ4v) is 1.25. The molecule has 0 radical (unpaired) electrons. The Morgan fingerprint density at radius 1 is 1.71 bits per heavy atom. The summed E-state index contributed by atoms with van der Waals surface area (Å²) in [6.45, 7) is 3.27. The molecule has 0 aromatic rings. The maximum absolute atomic E-state index is 10.4. The smallest absolute Gasteiger partial charge is 0.331 e. The molecule has 0 aromatic heterocycles. The Morgan fingerprint density at radius 3 is 3.07 bits per heavy atom. The summed E-state index contributed by atoms with van der Waals surface area (Å²) in [6.07, 6.45) is 3.91. The van der Waals surface area contributed by atoms with E-state index in [1.54, 1.807) is 13.0 Å². The molecule has 0 spiro atoms. The second-order valence-electron chi connectivity index (χ2n) is 3.36. The Kier molecular flexibility index (Phi) is 4.62. The normalized spacial score (nSPS) is 22.6. The average molecular weight is 200 g/mol. The number of rotatable bonds is 5. The molecule has 0 amide bonds. The van der Waals surface area contributed by atoms with Gasteiger partial charge in [-0.1, -0.05) is 0 Å². The standard InChI is InChI=1S/C10H16O4/c1-8(10(11)12)4-6-13-7-9-3-2-5-14-9/h4,9H,2-3,5-7H2,1H3,(H,11,12). The second-order valence-corrected chi connectivity index (χ2v) is 3.36. The number of ether oxygens (including phenoxy) is 2. The molecule has 1 rings (SSSR count). The predicted molar refractivity (Wildman–Crippen MR) is 51.2 cm³/mol. The van der Waals surface area contributed by atoms with Crippen LogP contribution in [0.15, 0.2) is 11.6 Å². The summed E-state index contributed by atoms with van der Waals surface area (Å²) in [7, 11) is 0. The van der Waals surface area contributed by atoms with Crippen LogP contribution in [0.25, 0.3) is 0 Å². The predicted octanol–water partition coefficient (Wildman–Crippen LogP) is 1.21. The summed E-state index contributed by atoms with van der Waals surface area (Å²) in [4.78, 5) is 10.4. The molecule has 1 unspecified atom stereocenters. The Balaban J connectivity index is 2.09. The number of hydrogen-bond acceptors (Lipinski definition) is 3. The van der Waals surface area contributed by atoms with Gasteiger partial charge in [-0.15, -0.1) is 0 Å². The maximum Gasteiger partial charge on any atom is 0.331 e. The zero-order chi connectivity index (χ0) is 10.4. The van der Waals surface area contributed by atoms with E-state index in [4.69, 9.17) is 14.6 Å². The minimum absolute atomic E-state index is 0.202. The number of carboxylic acid groups (broad SMARTS) is 1. The SMILES string of the molecule is CC(=CCOCC1CCCO1)C(=O)O. The van der Waals surface area contributed by atoms with Crippen molar-refractivity contribution in [3.05, 3.63) is 11.6 Å². The fraction of sp³-hybridized carbons (Fsp3) is 0.700. The van der Waals surface area contributed by atoms with Crippen molar-refractivity contribution in [1.29, 1.82) is 0 Å². The fourth-order valence-electron chi connectivity index (χ4n) is 1.25.